The molecule has 2 saturated carbocycles. The molecule has 2 unspecified atom stereocenters. The Kier molecular flexibility index (Phi) is 2.99. The van der Waals surface area contributed by atoms with Gasteiger partial charge in [0, 0.05) is 15.2 Å². The van der Waals surface area contributed by atoms with Gasteiger partial charge in [0.05, 0.1) is 0 Å². The Hall–Kier alpha value is 0.110. The first kappa shape index (κ1) is 12.6. The average molecular weight is 256 g/mol. The molecule has 16 heavy (non-hydrogen) atoms. The van der Waals surface area contributed by atoms with Gasteiger partial charge in [-0.2, -0.15) is 0 Å². The predicted molar refractivity (Wildman–Crippen MR) is 73.7 cm³/mol. The minimum atomic E-state index is -0.107. The van der Waals surface area contributed by atoms with Gasteiger partial charge in [0.1, 0.15) is 0 Å². The molecule has 0 aromatic carbocycles. The van der Waals surface area contributed by atoms with Crippen LogP contribution in [0.5, 0.6) is 0 Å². The SMILES string of the molecule is CSC(SC)=C1C(=O)C2(C)CCC1C2(C)C. The van der Waals surface area contributed by atoms with Crippen molar-refractivity contribution in [3.63, 3.8) is 0 Å². The number of carbonyl (C=O) groups is 1. The lowest BCUT2D eigenvalue weighted by molar-refractivity contribution is -0.125. The third-order valence-corrected chi connectivity index (χ3v) is 7.09. The first-order chi connectivity index (χ1) is 7.40. The maximum Gasteiger partial charge on any atom is 0.167 e. The molecule has 0 aromatic heterocycles. The van der Waals surface area contributed by atoms with E-state index < -0.39 is 0 Å². The highest BCUT2D eigenvalue weighted by Gasteiger charge is 2.64. The van der Waals surface area contributed by atoms with Crippen molar-refractivity contribution in [2.75, 3.05) is 12.5 Å². The molecule has 2 bridgehead atoms. The molecule has 2 aliphatic carbocycles. The van der Waals surface area contributed by atoms with Crippen LogP contribution in [0.25, 0.3) is 0 Å². The van der Waals surface area contributed by atoms with Gasteiger partial charge in [-0.3, -0.25) is 4.79 Å². The maximum absolute atomic E-state index is 12.6. The van der Waals surface area contributed by atoms with E-state index in [9.17, 15) is 4.79 Å². The minimum Gasteiger partial charge on any atom is -0.294 e. The number of ketones is 1. The molecule has 0 aliphatic heterocycles. The number of rotatable bonds is 2. The largest absolute Gasteiger partial charge is 0.294 e. The zero-order valence-corrected chi connectivity index (χ0v) is 12.3. The van der Waals surface area contributed by atoms with Crippen LogP contribution in [0.4, 0.5) is 0 Å². The second-order valence-electron chi connectivity index (χ2n) is 5.58. The highest BCUT2D eigenvalue weighted by molar-refractivity contribution is 8.21. The lowest BCUT2D eigenvalue weighted by Gasteiger charge is -2.31. The van der Waals surface area contributed by atoms with Crippen LogP contribution in [0.15, 0.2) is 9.81 Å². The highest BCUT2D eigenvalue weighted by atomic mass is 32.2. The standard InChI is InChI=1S/C13H20OS2/c1-12(2)8-6-7-13(12,3)10(14)9(8)11(15-4)16-5/h8H,6-7H2,1-5H3. The van der Waals surface area contributed by atoms with Crippen LogP contribution in [0.1, 0.15) is 33.6 Å². The minimum absolute atomic E-state index is 0.107. The molecule has 2 atom stereocenters. The number of thioether (sulfide) groups is 2. The van der Waals surface area contributed by atoms with Gasteiger partial charge in [0.15, 0.2) is 5.78 Å². The summed E-state index contributed by atoms with van der Waals surface area (Å²) in [4.78, 5) is 12.6. The lowest BCUT2D eigenvalue weighted by Crippen LogP contribution is -2.32. The number of hydrogen-bond acceptors (Lipinski definition) is 3. The number of hydrogen-bond donors (Lipinski definition) is 0. The van der Waals surface area contributed by atoms with Crippen molar-refractivity contribution in [2.45, 2.75) is 33.6 Å². The zero-order chi connectivity index (χ0) is 12.1. The van der Waals surface area contributed by atoms with E-state index in [2.05, 4.69) is 33.3 Å². The molecule has 0 radical (unpaired) electrons. The van der Waals surface area contributed by atoms with Crippen LogP contribution in [0.3, 0.4) is 0 Å². The van der Waals surface area contributed by atoms with Crippen LogP contribution in [0.2, 0.25) is 0 Å². The van der Waals surface area contributed by atoms with Gasteiger partial charge >= 0.3 is 0 Å². The normalized spacial score (nSPS) is 35.9. The van der Waals surface area contributed by atoms with E-state index in [4.69, 9.17) is 0 Å². The Morgan fingerprint density at radius 1 is 1.25 bits per heavy atom. The molecule has 2 fully saturated rings. The Balaban J connectivity index is 2.56. The summed E-state index contributed by atoms with van der Waals surface area (Å²) in [6, 6.07) is 0. The molecule has 90 valence electrons. The fraction of sp³-hybridized carbons (Fsp3) is 0.769. The quantitative estimate of drug-likeness (QED) is 0.696. The molecule has 0 N–H and O–H groups in total. The van der Waals surface area contributed by atoms with Crippen molar-refractivity contribution >= 4 is 29.3 Å². The van der Waals surface area contributed by atoms with E-state index >= 15 is 0 Å². The molecule has 2 aliphatic rings. The van der Waals surface area contributed by atoms with Crippen molar-refractivity contribution in [1.82, 2.24) is 0 Å². The van der Waals surface area contributed by atoms with Crippen molar-refractivity contribution in [3.05, 3.63) is 9.81 Å². The first-order valence-corrected chi connectivity index (χ1v) is 8.22. The molecule has 0 amide bonds. The van der Waals surface area contributed by atoms with E-state index in [-0.39, 0.29) is 10.8 Å². The molecule has 0 aromatic rings. The number of fused-ring (bicyclic) bond motifs is 2. The average Bonchev–Trinajstić information content (AvgIpc) is 2.54. The van der Waals surface area contributed by atoms with Crippen LogP contribution < -0.4 is 0 Å². The van der Waals surface area contributed by atoms with Crippen molar-refractivity contribution in [2.24, 2.45) is 16.7 Å². The zero-order valence-electron chi connectivity index (χ0n) is 10.7. The number of Topliss-reactive ketones (excluding diaryl/α,β-unsaturated/α-hetero) is 1. The third kappa shape index (κ3) is 1.30. The summed E-state index contributed by atoms with van der Waals surface area (Å²) < 4.78 is 1.24. The summed E-state index contributed by atoms with van der Waals surface area (Å²) >= 11 is 3.46. The maximum atomic E-state index is 12.6. The summed E-state index contributed by atoms with van der Waals surface area (Å²) in [6.45, 7) is 6.71. The smallest absolute Gasteiger partial charge is 0.167 e. The fourth-order valence-electron chi connectivity index (χ4n) is 3.41. The molecule has 1 nitrogen and oxygen atoms in total. The van der Waals surface area contributed by atoms with Gasteiger partial charge in [0.25, 0.3) is 0 Å². The van der Waals surface area contributed by atoms with Crippen LogP contribution >= 0.6 is 23.5 Å². The van der Waals surface area contributed by atoms with Crippen molar-refractivity contribution in [3.8, 4) is 0 Å². The fourth-order valence-corrected chi connectivity index (χ4v) is 4.98. The van der Waals surface area contributed by atoms with Gasteiger partial charge in [-0.15, -0.1) is 23.5 Å². The lowest BCUT2D eigenvalue weighted by atomic mass is 9.70. The Morgan fingerprint density at radius 3 is 2.19 bits per heavy atom. The predicted octanol–water partition coefficient (Wildman–Crippen LogP) is 3.95. The van der Waals surface area contributed by atoms with Crippen LogP contribution in [0, 0.1) is 16.7 Å². The number of carbonyl (C=O) groups excluding carboxylic acids is 1. The second kappa shape index (κ2) is 3.81. The molecular formula is C13H20OS2. The topological polar surface area (TPSA) is 17.1 Å². The number of allylic oxidation sites excluding steroid dienone is 1. The summed E-state index contributed by atoms with van der Waals surface area (Å²) in [7, 11) is 0. The Labute approximate surface area is 107 Å². The summed E-state index contributed by atoms with van der Waals surface area (Å²) in [5.41, 5.74) is 1.18. The molecule has 2 rings (SSSR count). The van der Waals surface area contributed by atoms with E-state index in [1.807, 2.05) is 0 Å². The molecule has 0 heterocycles. The highest BCUT2D eigenvalue weighted by Crippen LogP contribution is 2.66. The molecular weight excluding hydrogens is 236 g/mol. The van der Waals surface area contributed by atoms with E-state index in [0.29, 0.717) is 11.7 Å². The summed E-state index contributed by atoms with van der Waals surface area (Å²) in [5.74, 6) is 0.910. The third-order valence-electron chi connectivity index (χ3n) is 4.91. The van der Waals surface area contributed by atoms with Gasteiger partial charge in [-0.25, -0.2) is 0 Å². The molecule has 3 heteroatoms. The van der Waals surface area contributed by atoms with E-state index in [1.165, 1.54) is 10.7 Å². The van der Waals surface area contributed by atoms with E-state index in [1.54, 1.807) is 23.5 Å². The van der Waals surface area contributed by atoms with Crippen molar-refractivity contribution in [1.29, 1.82) is 0 Å². The Bertz CT molecular complexity index is 364. The molecule has 0 saturated heterocycles. The van der Waals surface area contributed by atoms with Gasteiger partial charge in [0.2, 0.25) is 0 Å². The summed E-state index contributed by atoms with van der Waals surface area (Å²) in [6.07, 6.45) is 6.42. The monoisotopic (exact) mass is 256 g/mol. The van der Waals surface area contributed by atoms with Gasteiger partial charge < -0.3 is 0 Å². The van der Waals surface area contributed by atoms with E-state index in [0.717, 1.165) is 12.0 Å². The van der Waals surface area contributed by atoms with Crippen LogP contribution in [-0.2, 0) is 4.79 Å². The Morgan fingerprint density at radius 2 is 1.81 bits per heavy atom. The van der Waals surface area contributed by atoms with Gasteiger partial charge in [-0.05, 0) is 36.7 Å². The second-order valence-corrected chi connectivity index (χ2v) is 7.47. The first-order valence-electron chi connectivity index (χ1n) is 5.77. The van der Waals surface area contributed by atoms with Crippen LogP contribution in [-0.4, -0.2) is 18.3 Å². The molecule has 0 spiro atoms. The van der Waals surface area contributed by atoms with Gasteiger partial charge in [-0.1, -0.05) is 20.8 Å². The van der Waals surface area contributed by atoms with Crippen molar-refractivity contribution < 1.29 is 4.79 Å². The summed E-state index contributed by atoms with van der Waals surface area (Å²) in [5, 5.41) is 0.